The second kappa shape index (κ2) is 7.95. The molecule has 27 heavy (non-hydrogen) atoms. The molecular formula is C21H23N3O3. The average Bonchev–Trinajstić information content (AvgIpc) is 2.94. The molecule has 6 heteroatoms. The Morgan fingerprint density at radius 3 is 2.70 bits per heavy atom. The number of aromatic amines is 1. The first-order valence-corrected chi connectivity index (χ1v) is 8.94. The number of hydrogen-bond donors (Lipinski definition) is 3. The van der Waals surface area contributed by atoms with Gasteiger partial charge >= 0.3 is 12.0 Å². The third-order valence-electron chi connectivity index (χ3n) is 4.38. The topological polar surface area (TPSA) is 83.2 Å². The number of benzene rings is 2. The van der Waals surface area contributed by atoms with Gasteiger partial charge < -0.3 is 20.4 Å². The number of nitrogens with one attached hydrogen (secondary N) is 3. The lowest BCUT2D eigenvalue weighted by molar-refractivity contribution is 0.0735. The molecule has 0 saturated heterocycles. The van der Waals surface area contributed by atoms with Crippen LogP contribution < -0.4 is 15.4 Å². The summed E-state index contributed by atoms with van der Waals surface area (Å²) in [6.45, 7) is 6.60. The van der Waals surface area contributed by atoms with Crippen molar-refractivity contribution < 1.29 is 14.3 Å². The molecular weight excluding hydrogens is 342 g/mol. The van der Waals surface area contributed by atoms with E-state index in [2.05, 4.69) is 15.6 Å². The zero-order valence-electron chi connectivity index (χ0n) is 15.7. The fraction of sp³-hybridized carbons (Fsp3) is 0.238. The number of esters is 1. The van der Waals surface area contributed by atoms with E-state index in [-0.39, 0.29) is 6.03 Å². The number of amides is 2. The van der Waals surface area contributed by atoms with Crippen LogP contribution in [0.1, 0.15) is 35.0 Å². The minimum absolute atomic E-state index is 0.288. The molecule has 2 amide bonds. The molecule has 6 nitrogen and oxygen atoms in total. The van der Waals surface area contributed by atoms with Gasteiger partial charge in [0.25, 0.3) is 0 Å². The van der Waals surface area contributed by atoms with Crippen molar-refractivity contribution in [1.29, 1.82) is 0 Å². The van der Waals surface area contributed by atoms with Crippen LogP contribution in [0.3, 0.4) is 0 Å². The van der Waals surface area contributed by atoms with Crippen LogP contribution in [-0.2, 0) is 0 Å². The van der Waals surface area contributed by atoms with Crippen molar-refractivity contribution in [2.45, 2.75) is 27.2 Å². The number of urea groups is 1. The van der Waals surface area contributed by atoms with E-state index in [1.807, 2.05) is 32.9 Å². The van der Waals surface area contributed by atoms with E-state index in [0.29, 0.717) is 23.5 Å². The summed E-state index contributed by atoms with van der Waals surface area (Å²) in [7, 11) is 0. The van der Waals surface area contributed by atoms with E-state index in [0.717, 1.165) is 28.6 Å². The standard InChI is InChI=1S/C21H23N3O3/c1-4-10-22-21(26)24-16-6-5-7-17(12-16)27-20(25)15-8-9-19-18(11-15)13(2)14(3)23-19/h5-9,11-12,23H,4,10H2,1-3H3,(H2,22,24,26). The van der Waals surface area contributed by atoms with E-state index in [4.69, 9.17) is 4.74 Å². The molecule has 0 fully saturated rings. The molecule has 3 aromatic rings. The van der Waals surface area contributed by atoms with Gasteiger partial charge in [-0.05, 0) is 56.2 Å². The van der Waals surface area contributed by atoms with Crippen molar-refractivity contribution in [3.63, 3.8) is 0 Å². The molecule has 2 aromatic carbocycles. The molecule has 0 saturated carbocycles. The van der Waals surface area contributed by atoms with Crippen LogP contribution in [-0.4, -0.2) is 23.5 Å². The fourth-order valence-electron chi connectivity index (χ4n) is 2.81. The molecule has 0 radical (unpaired) electrons. The first kappa shape index (κ1) is 18.5. The predicted molar refractivity (Wildman–Crippen MR) is 106 cm³/mol. The van der Waals surface area contributed by atoms with Gasteiger partial charge in [0.2, 0.25) is 0 Å². The Morgan fingerprint density at radius 2 is 1.93 bits per heavy atom. The molecule has 0 aliphatic carbocycles. The van der Waals surface area contributed by atoms with Crippen LogP contribution in [0, 0.1) is 13.8 Å². The summed E-state index contributed by atoms with van der Waals surface area (Å²) in [6, 6.07) is 11.9. The van der Waals surface area contributed by atoms with Gasteiger partial charge in [-0.25, -0.2) is 9.59 Å². The summed E-state index contributed by atoms with van der Waals surface area (Å²) in [5.74, 6) is -0.0712. The zero-order chi connectivity index (χ0) is 19.4. The Hall–Kier alpha value is -3.28. The average molecular weight is 365 g/mol. The number of fused-ring (bicyclic) bond motifs is 1. The van der Waals surface area contributed by atoms with Crippen molar-refractivity contribution in [1.82, 2.24) is 10.3 Å². The largest absolute Gasteiger partial charge is 0.423 e. The Kier molecular flexibility index (Phi) is 5.45. The molecule has 140 valence electrons. The number of carbonyl (C=O) groups excluding carboxylic acids is 2. The Balaban J connectivity index is 1.73. The summed E-state index contributed by atoms with van der Waals surface area (Å²) in [6.07, 6.45) is 0.857. The van der Waals surface area contributed by atoms with Crippen molar-refractivity contribution in [2.24, 2.45) is 0 Å². The van der Waals surface area contributed by atoms with E-state index < -0.39 is 5.97 Å². The minimum atomic E-state index is -0.442. The third kappa shape index (κ3) is 4.28. The summed E-state index contributed by atoms with van der Waals surface area (Å²) < 4.78 is 5.48. The van der Waals surface area contributed by atoms with E-state index in [1.54, 1.807) is 30.3 Å². The quantitative estimate of drug-likeness (QED) is 0.459. The number of rotatable bonds is 5. The number of carbonyl (C=O) groups is 2. The van der Waals surface area contributed by atoms with Crippen LogP contribution in [0.15, 0.2) is 42.5 Å². The number of hydrogen-bond acceptors (Lipinski definition) is 3. The maximum absolute atomic E-state index is 12.5. The van der Waals surface area contributed by atoms with Crippen LogP contribution in [0.2, 0.25) is 0 Å². The molecule has 0 bridgehead atoms. The second-order valence-corrected chi connectivity index (χ2v) is 6.43. The maximum atomic E-state index is 12.5. The fourth-order valence-corrected chi connectivity index (χ4v) is 2.81. The zero-order valence-corrected chi connectivity index (χ0v) is 15.7. The highest BCUT2D eigenvalue weighted by molar-refractivity contribution is 5.97. The van der Waals surface area contributed by atoms with E-state index in [9.17, 15) is 9.59 Å². The van der Waals surface area contributed by atoms with Crippen LogP contribution >= 0.6 is 0 Å². The number of aryl methyl sites for hydroxylation is 2. The van der Waals surface area contributed by atoms with E-state index in [1.165, 1.54) is 0 Å². The first-order chi connectivity index (χ1) is 13.0. The van der Waals surface area contributed by atoms with Crippen molar-refractivity contribution in [3.8, 4) is 5.75 Å². The van der Waals surface area contributed by atoms with Crippen molar-refractivity contribution in [2.75, 3.05) is 11.9 Å². The van der Waals surface area contributed by atoms with Gasteiger partial charge in [0, 0.05) is 34.9 Å². The Bertz CT molecular complexity index is 992. The minimum Gasteiger partial charge on any atom is -0.423 e. The second-order valence-electron chi connectivity index (χ2n) is 6.43. The van der Waals surface area contributed by atoms with E-state index >= 15 is 0 Å². The summed E-state index contributed by atoms with van der Waals surface area (Å²) in [5.41, 5.74) is 4.22. The molecule has 0 aliphatic rings. The number of H-pyrrole nitrogens is 1. The molecule has 0 spiro atoms. The van der Waals surface area contributed by atoms with Crippen LogP contribution in [0.25, 0.3) is 10.9 Å². The maximum Gasteiger partial charge on any atom is 0.343 e. The molecule has 3 rings (SSSR count). The summed E-state index contributed by atoms with van der Waals surface area (Å²) in [4.78, 5) is 27.6. The van der Waals surface area contributed by atoms with Gasteiger partial charge in [0.15, 0.2) is 0 Å². The predicted octanol–water partition coefficient (Wildman–Crippen LogP) is 4.54. The Labute approximate surface area is 157 Å². The molecule has 0 unspecified atom stereocenters. The van der Waals surface area contributed by atoms with Crippen LogP contribution in [0.5, 0.6) is 5.75 Å². The molecule has 1 aromatic heterocycles. The van der Waals surface area contributed by atoms with Gasteiger partial charge in [-0.2, -0.15) is 0 Å². The Morgan fingerprint density at radius 1 is 1.11 bits per heavy atom. The highest BCUT2D eigenvalue weighted by Crippen LogP contribution is 2.24. The lowest BCUT2D eigenvalue weighted by Gasteiger charge is -2.09. The van der Waals surface area contributed by atoms with Gasteiger partial charge in [-0.1, -0.05) is 13.0 Å². The summed E-state index contributed by atoms with van der Waals surface area (Å²) >= 11 is 0. The van der Waals surface area contributed by atoms with Crippen molar-refractivity contribution in [3.05, 3.63) is 59.3 Å². The van der Waals surface area contributed by atoms with Gasteiger partial charge in [-0.3, -0.25) is 0 Å². The molecule has 0 atom stereocenters. The van der Waals surface area contributed by atoms with Crippen LogP contribution in [0.4, 0.5) is 10.5 Å². The smallest absolute Gasteiger partial charge is 0.343 e. The van der Waals surface area contributed by atoms with Gasteiger partial charge in [0.1, 0.15) is 5.75 Å². The molecule has 0 aliphatic heterocycles. The molecule has 3 N–H and O–H groups in total. The van der Waals surface area contributed by atoms with Gasteiger partial charge in [0.05, 0.1) is 5.56 Å². The first-order valence-electron chi connectivity index (χ1n) is 8.94. The number of anilines is 1. The summed E-state index contributed by atoms with van der Waals surface area (Å²) in [5, 5.41) is 6.45. The molecule has 1 heterocycles. The van der Waals surface area contributed by atoms with Gasteiger partial charge in [-0.15, -0.1) is 0 Å². The third-order valence-corrected chi connectivity index (χ3v) is 4.38. The highest BCUT2D eigenvalue weighted by Gasteiger charge is 2.12. The monoisotopic (exact) mass is 365 g/mol. The number of aromatic nitrogens is 1. The lowest BCUT2D eigenvalue weighted by Crippen LogP contribution is -2.29. The number of ether oxygens (including phenoxy) is 1. The SMILES string of the molecule is CCCNC(=O)Nc1cccc(OC(=O)c2ccc3[nH]c(C)c(C)c3c2)c1. The lowest BCUT2D eigenvalue weighted by atomic mass is 10.1. The van der Waals surface area contributed by atoms with Crippen molar-refractivity contribution >= 4 is 28.6 Å². The highest BCUT2D eigenvalue weighted by atomic mass is 16.5. The normalized spacial score (nSPS) is 10.6.